The van der Waals surface area contributed by atoms with Crippen molar-refractivity contribution in [3.8, 4) is 5.75 Å². The lowest BCUT2D eigenvalue weighted by atomic mass is 10.1. The summed E-state index contributed by atoms with van der Waals surface area (Å²) in [5.74, 6) is 0.809. The first-order valence-electron chi connectivity index (χ1n) is 4.93. The Kier molecular flexibility index (Phi) is 2.46. The van der Waals surface area contributed by atoms with Crippen molar-refractivity contribution in [2.45, 2.75) is 13.5 Å². The first-order chi connectivity index (χ1) is 7.24. The van der Waals surface area contributed by atoms with Crippen LogP contribution in [0.25, 0.3) is 10.8 Å². The summed E-state index contributed by atoms with van der Waals surface area (Å²) in [6, 6.07) is 7.34. The van der Waals surface area contributed by atoms with Crippen LogP contribution in [0.15, 0.2) is 35.3 Å². The predicted molar refractivity (Wildman–Crippen MR) is 60.4 cm³/mol. The van der Waals surface area contributed by atoms with Crippen LogP contribution in [-0.2, 0) is 6.54 Å². The van der Waals surface area contributed by atoms with Gasteiger partial charge in [-0.1, -0.05) is 6.07 Å². The Morgan fingerprint density at radius 3 is 2.73 bits per heavy atom. The molecule has 2 aromatic rings. The molecule has 0 bridgehead atoms. The molecule has 0 N–H and O–H groups in total. The molecule has 2 rings (SSSR count). The Morgan fingerprint density at radius 1 is 1.27 bits per heavy atom. The van der Waals surface area contributed by atoms with E-state index in [4.69, 9.17) is 4.74 Å². The van der Waals surface area contributed by atoms with Gasteiger partial charge in [-0.3, -0.25) is 4.79 Å². The van der Waals surface area contributed by atoms with E-state index in [-0.39, 0.29) is 5.56 Å². The summed E-state index contributed by atoms with van der Waals surface area (Å²) in [7, 11) is 1.64. The Labute approximate surface area is 87.9 Å². The molecule has 1 heterocycles. The number of pyridine rings is 1. The second kappa shape index (κ2) is 3.77. The van der Waals surface area contributed by atoms with Gasteiger partial charge in [0.05, 0.1) is 7.11 Å². The SMILES string of the molecule is CCn1cc2cc(OC)ccc2cc1=O. The molecule has 0 aliphatic heterocycles. The summed E-state index contributed by atoms with van der Waals surface area (Å²) in [4.78, 5) is 11.6. The average molecular weight is 203 g/mol. The van der Waals surface area contributed by atoms with E-state index in [1.807, 2.05) is 31.3 Å². The third-order valence-electron chi connectivity index (χ3n) is 2.49. The molecule has 0 radical (unpaired) electrons. The quantitative estimate of drug-likeness (QED) is 0.747. The zero-order valence-corrected chi connectivity index (χ0v) is 8.86. The van der Waals surface area contributed by atoms with Crippen LogP contribution >= 0.6 is 0 Å². The molecule has 0 atom stereocenters. The van der Waals surface area contributed by atoms with Crippen molar-refractivity contribution in [3.05, 3.63) is 40.8 Å². The molecule has 0 saturated carbocycles. The first-order valence-corrected chi connectivity index (χ1v) is 4.93. The fourth-order valence-corrected chi connectivity index (χ4v) is 1.62. The second-order valence-electron chi connectivity index (χ2n) is 3.39. The van der Waals surface area contributed by atoms with Crippen molar-refractivity contribution in [1.82, 2.24) is 4.57 Å². The normalized spacial score (nSPS) is 10.5. The monoisotopic (exact) mass is 203 g/mol. The molecule has 0 spiro atoms. The van der Waals surface area contributed by atoms with Gasteiger partial charge >= 0.3 is 0 Å². The largest absolute Gasteiger partial charge is 0.497 e. The van der Waals surface area contributed by atoms with Gasteiger partial charge in [-0.25, -0.2) is 0 Å². The number of aryl methyl sites for hydroxylation is 1. The van der Waals surface area contributed by atoms with Crippen molar-refractivity contribution >= 4 is 10.8 Å². The maximum atomic E-state index is 11.6. The molecule has 3 heteroatoms. The lowest BCUT2D eigenvalue weighted by Gasteiger charge is -2.05. The Hall–Kier alpha value is -1.77. The van der Waals surface area contributed by atoms with Gasteiger partial charge in [0.2, 0.25) is 0 Å². The minimum Gasteiger partial charge on any atom is -0.497 e. The van der Waals surface area contributed by atoms with E-state index >= 15 is 0 Å². The summed E-state index contributed by atoms with van der Waals surface area (Å²) < 4.78 is 6.82. The summed E-state index contributed by atoms with van der Waals surface area (Å²) in [6.07, 6.45) is 1.86. The first kappa shape index (κ1) is 9.77. The summed E-state index contributed by atoms with van der Waals surface area (Å²) >= 11 is 0. The Bertz CT molecular complexity index is 543. The molecule has 0 saturated heterocycles. The summed E-state index contributed by atoms with van der Waals surface area (Å²) in [5, 5.41) is 1.97. The molecule has 0 unspecified atom stereocenters. The van der Waals surface area contributed by atoms with E-state index in [1.54, 1.807) is 17.7 Å². The highest BCUT2D eigenvalue weighted by molar-refractivity contribution is 5.82. The number of nitrogens with zero attached hydrogens (tertiary/aromatic N) is 1. The molecule has 1 aromatic carbocycles. The molecule has 15 heavy (non-hydrogen) atoms. The minimum atomic E-state index is 0.0372. The fraction of sp³-hybridized carbons (Fsp3) is 0.250. The van der Waals surface area contributed by atoms with E-state index in [9.17, 15) is 4.79 Å². The van der Waals surface area contributed by atoms with E-state index < -0.39 is 0 Å². The summed E-state index contributed by atoms with van der Waals surface area (Å²) in [6.45, 7) is 2.64. The maximum absolute atomic E-state index is 11.6. The Balaban J connectivity index is 2.71. The van der Waals surface area contributed by atoms with Crippen molar-refractivity contribution < 1.29 is 4.74 Å². The van der Waals surface area contributed by atoms with Gasteiger partial charge in [0.15, 0.2) is 0 Å². The number of methoxy groups -OCH3 is 1. The second-order valence-corrected chi connectivity index (χ2v) is 3.39. The third-order valence-corrected chi connectivity index (χ3v) is 2.49. The van der Waals surface area contributed by atoms with Crippen LogP contribution in [0.5, 0.6) is 5.75 Å². The van der Waals surface area contributed by atoms with Crippen LogP contribution in [0.2, 0.25) is 0 Å². The smallest absolute Gasteiger partial charge is 0.251 e. The average Bonchev–Trinajstić information content (AvgIpc) is 2.27. The number of benzene rings is 1. The molecule has 0 aliphatic carbocycles. The lowest BCUT2D eigenvalue weighted by molar-refractivity contribution is 0.415. The van der Waals surface area contributed by atoms with Crippen LogP contribution in [0, 0.1) is 0 Å². The molecule has 0 aliphatic rings. The standard InChI is InChI=1S/C12H13NO2/c1-3-13-8-10-6-11(15-2)5-4-9(10)7-12(13)14/h4-8H,3H2,1-2H3. The van der Waals surface area contributed by atoms with Gasteiger partial charge in [0, 0.05) is 24.2 Å². The van der Waals surface area contributed by atoms with Gasteiger partial charge in [-0.2, -0.15) is 0 Å². The molecule has 0 fully saturated rings. The van der Waals surface area contributed by atoms with Crippen LogP contribution in [-0.4, -0.2) is 11.7 Å². The van der Waals surface area contributed by atoms with Crippen molar-refractivity contribution in [2.24, 2.45) is 0 Å². The summed E-state index contributed by atoms with van der Waals surface area (Å²) in [5.41, 5.74) is 0.0372. The maximum Gasteiger partial charge on any atom is 0.251 e. The Morgan fingerprint density at radius 2 is 2.07 bits per heavy atom. The van der Waals surface area contributed by atoms with Gasteiger partial charge in [-0.15, -0.1) is 0 Å². The predicted octanol–water partition coefficient (Wildman–Crippen LogP) is 2.03. The van der Waals surface area contributed by atoms with E-state index in [0.29, 0.717) is 6.54 Å². The van der Waals surface area contributed by atoms with Crippen LogP contribution in [0.4, 0.5) is 0 Å². The molecular formula is C12H13NO2. The highest BCUT2D eigenvalue weighted by Crippen LogP contribution is 2.18. The van der Waals surface area contributed by atoms with E-state index in [2.05, 4.69) is 0 Å². The fourth-order valence-electron chi connectivity index (χ4n) is 1.62. The highest BCUT2D eigenvalue weighted by atomic mass is 16.5. The van der Waals surface area contributed by atoms with Gasteiger partial charge in [-0.05, 0) is 24.4 Å². The van der Waals surface area contributed by atoms with Crippen molar-refractivity contribution in [1.29, 1.82) is 0 Å². The molecule has 0 amide bonds. The van der Waals surface area contributed by atoms with Crippen molar-refractivity contribution in [3.63, 3.8) is 0 Å². The minimum absolute atomic E-state index is 0.0372. The van der Waals surface area contributed by atoms with Gasteiger partial charge in [0.1, 0.15) is 5.75 Å². The highest BCUT2D eigenvalue weighted by Gasteiger charge is 2.00. The molecular weight excluding hydrogens is 190 g/mol. The number of rotatable bonds is 2. The van der Waals surface area contributed by atoms with E-state index in [1.165, 1.54) is 0 Å². The number of aromatic nitrogens is 1. The number of fused-ring (bicyclic) bond motifs is 1. The zero-order valence-electron chi connectivity index (χ0n) is 8.86. The number of ether oxygens (including phenoxy) is 1. The van der Waals surface area contributed by atoms with E-state index in [0.717, 1.165) is 16.5 Å². The van der Waals surface area contributed by atoms with Crippen molar-refractivity contribution in [2.75, 3.05) is 7.11 Å². The molecule has 1 aromatic heterocycles. The molecule has 3 nitrogen and oxygen atoms in total. The van der Waals surface area contributed by atoms with Crippen LogP contribution in [0.1, 0.15) is 6.92 Å². The zero-order chi connectivity index (χ0) is 10.8. The lowest BCUT2D eigenvalue weighted by Crippen LogP contribution is -2.16. The third kappa shape index (κ3) is 1.73. The van der Waals surface area contributed by atoms with Gasteiger partial charge in [0.25, 0.3) is 5.56 Å². The topological polar surface area (TPSA) is 31.2 Å². The molecule has 78 valence electrons. The van der Waals surface area contributed by atoms with Crippen LogP contribution in [0.3, 0.4) is 0 Å². The van der Waals surface area contributed by atoms with Crippen LogP contribution < -0.4 is 10.3 Å². The number of hydrogen-bond donors (Lipinski definition) is 0. The number of hydrogen-bond acceptors (Lipinski definition) is 2. The van der Waals surface area contributed by atoms with Gasteiger partial charge < -0.3 is 9.30 Å².